The van der Waals surface area contributed by atoms with E-state index >= 15 is 0 Å². The van der Waals surface area contributed by atoms with Gasteiger partial charge < -0.3 is 44.4 Å². The lowest BCUT2D eigenvalue weighted by Gasteiger charge is -2.19. The average Bonchev–Trinajstić information content (AvgIpc) is 3.62. The van der Waals surface area contributed by atoms with Crippen LogP contribution in [0.2, 0.25) is 0 Å². The van der Waals surface area contributed by atoms with Crippen molar-refractivity contribution in [1.29, 1.82) is 0 Å². The molecule has 0 atom stereocenters. The van der Waals surface area contributed by atoms with Gasteiger partial charge in [0.2, 0.25) is 11.7 Å². The van der Waals surface area contributed by atoms with Gasteiger partial charge in [0.1, 0.15) is 17.0 Å². The van der Waals surface area contributed by atoms with Gasteiger partial charge in [0.15, 0.2) is 5.82 Å². The minimum Gasteiger partial charge on any atom is -0.469 e. The number of amides is 5. The van der Waals surface area contributed by atoms with Gasteiger partial charge in [-0.05, 0) is 32.9 Å². The summed E-state index contributed by atoms with van der Waals surface area (Å²) in [4.78, 5) is 77.9. The monoisotopic (exact) mass is 641 g/mol. The van der Waals surface area contributed by atoms with Crippen LogP contribution in [0.4, 0.5) is 22.0 Å². The van der Waals surface area contributed by atoms with E-state index in [9.17, 15) is 28.8 Å². The average molecular weight is 642 g/mol. The van der Waals surface area contributed by atoms with Crippen LogP contribution in [0.5, 0.6) is 0 Å². The van der Waals surface area contributed by atoms with Crippen LogP contribution in [0.3, 0.4) is 0 Å². The molecule has 46 heavy (non-hydrogen) atoms. The summed E-state index contributed by atoms with van der Waals surface area (Å²) in [6, 6.07) is 2.96. The van der Waals surface area contributed by atoms with Crippen LogP contribution in [-0.2, 0) is 40.2 Å². The van der Waals surface area contributed by atoms with Crippen LogP contribution >= 0.6 is 0 Å². The molecule has 0 saturated heterocycles. The number of esters is 1. The lowest BCUT2D eigenvalue weighted by molar-refractivity contribution is -0.140. The SMILES string of the molecule is COC(=O)CCNC(=O)c1cc(NC(=O)c2nc(NC(=O)CCNC(=O)c3cc(NC(=O)OC(C)(C)C)cn3C)cn2C)cn1C. The molecule has 0 aromatic carbocycles. The number of aryl methyl sites for hydroxylation is 3. The topological polar surface area (TPSA) is 209 Å². The van der Waals surface area contributed by atoms with Gasteiger partial charge in [-0.25, -0.2) is 9.78 Å². The summed E-state index contributed by atoms with van der Waals surface area (Å²) in [6.07, 6.45) is 3.85. The van der Waals surface area contributed by atoms with Gasteiger partial charge in [0, 0.05) is 59.2 Å². The Bertz CT molecular complexity index is 1630. The second-order valence-electron chi connectivity index (χ2n) is 11.2. The number of nitrogens with zero attached hydrogens (tertiary/aromatic N) is 4. The number of imidazole rings is 1. The molecule has 0 spiro atoms. The predicted octanol–water partition coefficient (Wildman–Crippen LogP) is 1.75. The Morgan fingerprint density at radius 3 is 1.83 bits per heavy atom. The van der Waals surface area contributed by atoms with E-state index in [-0.39, 0.29) is 49.0 Å². The molecule has 0 radical (unpaired) electrons. The van der Waals surface area contributed by atoms with Crippen LogP contribution < -0.4 is 26.6 Å². The van der Waals surface area contributed by atoms with E-state index in [0.29, 0.717) is 11.4 Å². The first kappa shape index (κ1) is 34.9. The second kappa shape index (κ2) is 14.9. The zero-order chi connectivity index (χ0) is 34.2. The highest BCUT2D eigenvalue weighted by Crippen LogP contribution is 2.17. The number of carbonyl (C=O) groups is 6. The van der Waals surface area contributed by atoms with E-state index in [1.165, 1.54) is 39.1 Å². The van der Waals surface area contributed by atoms with Gasteiger partial charge in [-0.3, -0.25) is 29.3 Å². The molecular formula is C29H39N9O8. The van der Waals surface area contributed by atoms with Gasteiger partial charge in [0.25, 0.3) is 17.7 Å². The zero-order valence-electron chi connectivity index (χ0n) is 26.8. The van der Waals surface area contributed by atoms with E-state index in [0.717, 1.165) is 0 Å². The Morgan fingerprint density at radius 2 is 1.28 bits per heavy atom. The van der Waals surface area contributed by atoms with Crippen LogP contribution in [0.15, 0.2) is 30.7 Å². The number of carbonyl (C=O) groups excluding carboxylic acids is 6. The number of aromatic nitrogens is 4. The van der Waals surface area contributed by atoms with Crippen molar-refractivity contribution in [1.82, 2.24) is 29.3 Å². The Kier molecular flexibility index (Phi) is 11.3. The molecule has 3 aromatic rings. The number of methoxy groups -OCH3 is 1. The fraction of sp³-hybridized carbons (Fsp3) is 0.414. The highest BCUT2D eigenvalue weighted by atomic mass is 16.6. The predicted molar refractivity (Wildman–Crippen MR) is 166 cm³/mol. The molecule has 0 aliphatic heterocycles. The summed E-state index contributed by atoms with van der Waals surface area (Å²) >= 11 is 0. The van der Waals surface area contributed by atoms with Crippen molar-refractivity contribution < 1.29 is 38.2 Å². The van der Waals surface area contributed by atoms with Gasteiger partial charge in [-0.15, -0.1) is 0 Å². The number of rotatable bonds is 12. The number of hydrogen-bond donors (Lipinski definition) is 5. The number of ether oxygens (including phenoxy) is 2. The van der Waals surface area contributed by atoms with Gasteiger partial charge in [-0.2, -0.15) is 0 Å². The molecule has 0 unspecified atom stereocenters. The molecular weight excluding hydrogens is 602 g/mol. The van der Waals surface area contributed by atoms with E-state index in [1.807, 2.05) is 0 Å². The summed E-state index contributed by atoms with van der Waals surface area (Å²) in [6.45, 7) is 5.32. The van der Waals surface area contributed by atoms with Crippen molar-refractivity contribution in [2.75, 3.05) is 36.1 Å². The standard InChI is InChI=1S/C29H39N9O8/c1-29(2,3)46-28(44)33-18-13-20(37(5)15-18)25(41)30-10-8-22(39)34-21-16-38(6)24(35-21)27(43)32-17-12-19(36(4)14-17)26(42)31-11-9-23(40)45-7/h12-16H,8-11H2,1-7H3,(H,30,41)(H,31,42)(H,32,43)(H,33,44)(H,34,39). The van der Waals surface area contributed by atoms with E-state index in [4.69, 9.17) is 4.74 Å². The minimum atomic E-state index is -0.674. The third kappa shape index (κ3) is 9.96. The van der Waals surface area contributed by atoms with E-state index in [1.54, 1.807) is 54.3 Å². The Hall–Kier alpha value is -5.61. The normalized spacial score (nSPS) is 10.9. The molecule has 3 rings (SSSR count). The first-order chi connectivity index (χ1) is 21.6. The highest BCUT2D eigenvalue weighted by Gasteiger charge is 2.20. The van der Waals surface area contributed by atoms with Crippen LogP contribution in [0.25, 0.3) is 0 Å². The van der Waals surface area contributed by atoms with Crippen molar-refractivity contribution in [3.8, 4) is 0 Å². The molecule has 3 aromatic heterocycles. The van der Waals surface area contributed by atoms with Crippen molar-refractivity contribution >= 4 is 52.9 Å². The lowest BCUT2D eigenvalue weighted by Crippen LogP contribution is -2.29. The van der Waals surface area contributed by atoms with Crippen molar-refractivity contribution in [3.05, 3.63) is 47.9 Å². The summed E-state index contributed by atoms with van der Waals surface area (Å²) < 4.78 is 14.2. The molecule has 5 amide bonds. The molecule has 17 nitrogen and oxygen atoms in total. The molecule has 0 bridgehead atoms. The van der Waals surface area contributed by atoms with Crippen LogP contribution in [-0.4, -0.2) is 80.2 Å². The van der Waals surface area contributed by atoms with Crippen molar-refractivity contribution in [3.63, 3.8) is 0 Å². The summed E-state index contributed by atoms with van der Waals surface area (Å²) in [7, 11) is 6.10. The number of nitrogens with one attached hydrogen (secondary N) is 5. The quantitative estimate of drug-likeness (QED) is 0.182. The third-order valence-corrected chi connectivity index (χ3v) is 6.21. The fourth-order valence-corrected chi connectivity index (χ4v) is 4.12. The number of hydrogen-bond acceptors (Lipinski definition) is 9. The maximum absolute atomic E-state index is 12.9. The molecule has 5 N–H and O–H groups in total. The largest absolute Gasteiger partial charge is 0.469 e. The molecule has 248 valence electrons. The second-order valence-corrected chi connectivity index (χ2v) is 11.2. The highest BCUT2D eigenvalue weighted by molar-refractivity contribution is 6.04. The summed E-state index contributed by atoms with van der Waals surface area (Å²) in [5.74, 6) is -2.25. The number of anilines is 3. The van der Waals surface area contributed by atoms with Crippen molar-refractivity contribution in [2.24, 2.45) is 21.1 Å². The Morgan fingerprint density at radius 1 is 0.739 bits per heavy atom. The van der Waals surface area contributed by atoms with Crippen LogP contribution in [0.1, 0.15) is 65.2 Å². The Balaban J connectivity index is 1.49. The molecule has 0 aliphatic carbocycles. The smallest absolute Gasteiger partial charge is 0.412 e. The van der Waals surface area contributed by atoms with Gasteiger partial charge in [0.05, 0.1) is 24.9 Å². The maximum Gasteiger partial charge on any atom is 0.412 e. The molecule has 0 fully saturated rings. The molecule has 17 heteroatoms. The van der Waals surface area contributed by atoms with Gasteiger partial charge in [-0.1, -0.05) is 0 Å². The summed E-state index contributed by atoms with van der Waals surface area (Å²) in [5, 5.41) is 13.1. The maximum atomic E-state index is 12.9. The Labute approximate surface area is 265 Å². The zero-order valence-corrected chi connectivity index (χ0v) is 26.8. The summed E-state index contributed by atoms with van der Waals surface area (Å²) in [5.41, 5.74) is 0.550. The fourth-order valence-electron chi connectivity index (χ4n) is 4.12. The van der Waals surface area contributed by atoms with E-state index in [2.05, 4.69) is 36.3 Å². The van der Waals surface area contributed by atoms with Crippen molar-refractivity contribution in [2.45, 2.75) is 39.2 Å². The van der Waals surface area contributed by atoms with E-state index < -0.39 is 41.3 Å². The molecule has 0 aliphatic rings. The minimum absolute atomic E-state index is 0.00367. The van der Waals surface area contributed by atoms with Crippen LogP contribution in [0, 0.1) is 0 Å². The lowest BCUT2D eigenvalue weighted by atomic mass is 10.2. The van der Waals surface area contributed by atoms with Gasteiger partial charge >= 0.3 is 12.1 Å². The first-order valence-electron chi connectivity index (χ1n) is 14.2. The molecule has 0 saturated carbocycles. The third-order valence-electron chi connectivity index (χ3n) is 6.21. The first-order valence-corrected chi connectivity index (χ1v) is 14.2. The molecule has 3 heterocycles.